The van der Waals surface area contributed by atoms with Gasteiger partial charge < -0.3 is 4.74 Å². The number of hydrogen-bond acceptors (Lipinski definition) is 7. The number of nitrogens with one attached hydrogen (secondary N) is 3. The number of ether oxygens (including phenoxy) is 1. The van der Waals surface area contributed by atoms with E-state index in [1.54, 1.807) is 7.11 Å². The first-order chi connectivity index (χ1) is 5.34. The largest absolute Gasteiger partial charge is 0.383 e. The van der Waals surface area contributed by atoms with Crippen LogP contribution in [0.15, 0.2) is 5.10 Å². The Bertz CT molecular complexity index is 148. The number of methoxy groups -OCH3 is 1. The summed E-state index contributed by atoms with van der Waals surface area (Å²) in [6.45, 7) is 1.16. The van der Waals surface area contributed by atoms with E-state index >= 15 is 0 Å². The molecule has 0 atom stereocenters. The van der Waals surface area contributed by atoms with Crippen molar-refractivity contribution in [3.05, 3.63) is 0 Å². The van der Waals surface area contributed by atoms with Crippen LogP contribution in [0.5, 0.6) is 0 Å². The molecule has 0 spiro atoms. The third kappa shape index (κ3) is 2.22. The highest BCUT2D eigenvalue weighted by molar-refractivity contribution is 5.79. The molecule has 0 aliphatic carbocycles. The highest BCUT2D eigenvalue weighted by Gasteiger charge is 2.09. The monoisotopic (exact) mass is 160 g/mol. The zero-order valence-electron chi connectivity index (χ0n) is 6.29. The second-order valence-corrected chi connectivity index (χ2v) is 1.98. The average molecular weight is 160 g/mol. The van der Waals surface area contributed by atoms with Gasteiger partial charge in [-0.15, -0.1) is 10.6 Å². The van der Waals surface area contributed by atoms with E-state index < -0.39 is 0 Å². The third-order valence-corrected chi connectivity index (χ3v) is 1.20. The molecule has 0 aromatic carbocycles. The number of hydrazine groups is 3. The highest BCUT2D eigenvalue weighted by Crippen LogP contribution is 1.81. The Morgan fingerprint density at radius 3 is 3.09 bits per heavy atom. The average Bonchev–Trinajstić information content (AvgIpc) is 2.52. The highest BCUT2D eigenvalue weighted by atomic mass is 16.5. The topological polar surface area (TPSA) is 86.9 Å². The summed E-state index contributed by atoms with van der Waals surface area (Å²) in [5, 5.41) is 5.22. The van der Waals surface area contributed by atoms with Gasteiger partial charge in [0.2, 0.25) is 5.96 Å². The van der Waals surface area contributed by atoms with Crippen molar-refractivity contribution < 1.29 is 4.74 Å². The fraction of sp³-hybridized carbons (Fsp3) is 0.750. The van der Waals surface area contributed by atoms with Crippen LogP contribution in [0, 0.1) is 0 Å². The molecule has 5 N–H and O–H groups in total. The molecule has 0 fully saturated rings. The summed E-state index contributed by atoms with van der Waals surface area (Å²) in [6.07, 6.45) is 0. The van der Waals surface area contributed by atoms with E-state index in [0.29, 0.717) is 19.1 Å². The van der Waals surface area contributed by atoms with Gasteiger partial charge in [0.05, 0.1) is 13.2 Å². The maximum Gasteiger partial charge on any atom is 0.248 e. The minimum atomic E-state index is 0.544. The fourth-order valence-corrected chi connectivity index (χ4v) is 0.624. The second kappa shape index (κ2) is 3.96. The standard InChI is InChI=1S/C4H12N6O/c1-11-3-2-10(5)4-6-8-9-7-4/h8-9H,2-3,5H2,1H3,(H,6,7). The maximum atomic E-state index is 5.55. The summed E-state index contributed by atoms with van der Waals surface area (Å²) < 4.78 is 4.83. The Kier molecular flexibility index (Phi) is 2.90. The zero-order chi connectivity index (χ0) is 8.10. The third-order valence-electron chi connectivity index (χ3n) is 1.20. The van der Waals surface area contributed by atoms with Crippen molar-refractivity contribution >= 4 is 5.96 Å². The number of nitrogens with two attached hydrogens (primary N) is 1. The van der Waals surface area contributed by atoms with E-state index in [2.05, 4.69) is 21.6 Å². The molecule has 11 heavy (non-hydrogen) atoms. The molecule has 64 valence electrons. The first-order valence-electron chi connectivity index (χ1n) is 3.19. The molecule has 0 aromatic rings. The summed E-state index contributed by atoms with van der Waals surface area (Å²) in [7, 11) is 1.62. The van der Waals surface area contributed by atoms with Crippen LogP contribution in [0.1, 0.15) is 0 Å². The smallest absolute Gasteiger partial charge is 0.248 e. The van der Waals surface area contributed by atoms with Crippen molar-refractivity contribution in [1.82, 2.24) is 21.5 Å². The first kappa shape index (κ1) is 8.05. The van der Waals surface area contributed by atoms with Crippen molar-refractivity contribution in [1.29, 1.82) is 0 Å². The van der Waals surface area contributed by atoms with Crippen LogP contribution in [-0.4, -0.2) is 31.2 Å². The molecule has 0 radical (unpaired) electrons. The van der Waals surface area contributed by atoms with E-state index in [1.165, 1.54) is 5.01 Å². The van der Waals surface area contributed by atoms with Crippen LogP contribution >= 0.6 is 0 Å². The molecule has 0 bridgehead atoms. The van der Waals surface area contributed by atoms with Gasteiger partial charge in [-0.25, -0.2) is 11.4 Å². The van der Waals surface area contributed by atoms with E-state index in [0.717, 1.165) is 0 Å². The van der Waals surface area contributed by atoms with E-state index in [-0.39, 0.29) is 0 Å². The molecular formula is C4H12N6O. The van der Waals surface area contributed by atoms with Gasteiger partial charge in [-0.2, -0.15) is 0 Å². The molecule has 0 amide bonds. The molecule has 1 aliphatic heterocycles. The van der Waals surface area contributed by atoms with E-state index in [4.69, 9.17) is 10.6 Å². The van der Waals surface area contributed by atoms with E-state index in [1.807, 2.05) is 0 Å². The van der Waals surface area contributed by atoms with Gasteiger partial charge in [0.15, 0.2) is 0 Å². The normalized spacial score (nSPS) is 15.3. The van der Waals surface area contributed by atoms with Crippen molar-refractivity contribution in [2.75, 3.05) is 20.3 Å². The Hall–Kier alpha value is -1.05. The van der Waals surface area contributed by atoms with Gasteiger partial charge in [0.25, 0.3) is 0 Å². The minimum absolute atomic E-state index is 0.544. The van der Waals surface area contributed by atoms with Crippen LogP contribution in [-0.2, 0) is 4.74 Å². The Morgan fingerprint density at radius 2 is 2.55 bits per heavy atom. The van der Waals surface area contributed by atoms with Crippen LogP contribution in [0.25, 0.3) is 0 Å². The predicted octanol–water partition coefficient (Wildman–Crippen LogP) is -2.31. The Morgan fingerprint density at radius 1 is 1.73 bits per heavy atom. The number of nitrogens with zero attached hydrogens (tertiary/aromatic N) is 2. The Balaban J connectivity index is 2.23. The van der Waals surface area contributed by atoms with Crippen LogP contribution in [0.3, 0.4) is 0 Å². The van der Waals surface area contributed by atoms with Crippen LogP contribution < -0.4 is 22.3 Å². The molecule has 7 heteroatoms. The summed E-state index contributed by atoms with van der Waals surface area (Å²) in [4.78, 5) is 0. The van der Waals surface area contributed by atoms with Gasteiger partial charge in [0.1, 0.15) is 0 Å². The van der Waals surface area contributed by atoms with Gasteiger partial charge in [-0.3, -0.25) is 10.4 Å². The molecule has 1 aliphatic rings. The van der Waals surface area contributed by atoms with Crippen molar-refractivity contribution in [3.63, 3.8) is 0 Å². The lowest BCUT2D eigenvalue weighted by molar-refractivity contribution is 0.175. The fourth-order valence-electron chi connectivity index (χ4n) is 0.624. The van der Waals surface area contributed by atoms with Crippen LogP contribution in [0.4, 0.5) is 0 Å². The lowest BCUT2D eigenvalue weighted by atomic mass is 10.6. The lowest BCUT2D eigenvalue weighted by Crippen LogP contribution is -2.48. The Labute approximate surface area is 64.5 Å². The molecule has 1 heterocycles. The van der Waals surface area contributed by atoms with Crippen molar-refractivity contribution in [2.24, 2.45) is 10.9 Å². The molecule has 0 unspecified atom stereocenters. The van der Waals surface area contributed by atoms with Gasteiger partial charge in [-0.05, 0) is 0 Å². The first-order valence-corrected chi connectivity index (χ1v) is 3.19. The summed E-state index contributed by atoms with van der Waals surface area (Å²) >= 11 is 0. The number of rotatable bonds is 3. The molecule has 0 saturated carbocycles. The lowest BCUT2D eigenvalue weighted by Gasteiger charge is -2.15. The number of hydrazone groups is 1. The quantitative estimate of drug-likeness (QED) is 0.274. The van der Waals surface area contributed by atoms with Crippen molar-refractivity contribution in [2.45, 2.75) is 0 Å². The molecule has 1 rings (SSSR count). The molecule has 7 nitrogen and oxygen atoms in total. The molecular weight excluding hydrogens is 148 g/mol. The van der Waals surface area contributed by atoms with Crippen LogP contribution in [0.2, 0.25) is 0 Å². The summed E-state index contributed by atoms with van der Waals surface area (Å²) in [5.41, 5.74) is 7.76. The molecule has 0 saturated heterocycles. The SMILES string of the molecule is COCCN(N)C1=NNNN1. The summed E-state index contributed by atoms with van der Waals surface area (Å²) in [5.74, 6) is 6.09. The number of guanidine groups is 1. The maximum absolute atomic E-state index is 5.55. The van der Waals surface area contributed by atoms with Crippen molar-refractivity contribution in [3.8, 4) is 0 Å². The van der Waals surface area contributed by atoms with E-state index in [9.17, 15) is 0 Å². The second-order valence-electron chi connectivity index (χ2n) is 1.98. The summed E-state index contributed by atoms with van der Waals surface area (Å²) in [6, 6.07) is 0. The van der Waals surface area contributed by atoms with Gasteiger partial charge in [-0.1, -0.05) is 0 Å². The zero-order valence-corrected chi connectivity index (χ0v) is 6.29. The van der Waals surface area contributed by atoms with Gasteiger partial charge >= 0.3 is 0 Å². The minimum Gasteiger partial charge on any atom is -0.383 e. The number of hydrogen-bond donors (Lipinski definition) is 4. The molecule has 0 aromatic heterocycles. The predicted molar refractivity (Wildman–Crippen MR) is 39.6 cm³/mol. The van der Waals surface area contributed by atoms with Gasteiger partial charge in [0, 0.05) is 7.11 Å².